The minimum absolute atomic E-state index is 0.292. The highest BCUT2D eigenvalue weighted by Crippen LogP contribution is 2.25. The van der Waals surface area contributed by atoms with Gasteiger partial charge in [-0.1, -0.05) is 0 Å². The molecule has 0 aromatic rings. The van der Waals surface area contributed by atoms with Crippen molar-refractivity contribution in [2.24, 2.45) is 11.7 Å². The zero-order valence-electron chi connectivity index (χ0n) is 7.53. The second-order valence-corrected chi connectivity index (χ2v) is 3.66. The summed E-state index contributed by atoms with van der Waals surface area (Å²) in [6.07, 6.45) is 3.30. The highest BCUT2D eigenvalue weighted by molar-refractivity contribution is 5.79. The van der Waals surface area contributed by atoms with Gasteiger partial charge in [-0.2, -0.15) is 0 Å². The van der Waals surface area contributed by atoms with Crippen LogP contribution in [0.5, 0.6) is 0 Å². The van der Waals surface area contributed by atoms with E-state index in [1.165, 1.54) is 0 Å². The molecule has 1 aliphatic carbocycles. The van der Waals surface area contributed by atoms with Crippen molar-refractivity contribution in [3.8, 4) is 0 Å². The number of Topliss-reactive ketones (excluding diaryl/α,β-unsaturated/α-hetero) is 1. The fraction of sp³-hybridized carbons (Fsp3) is 0.778. The Morgan fingerprint density at radius 3 is 2.54 bits per heavy atom. The third-order valence-corrected chi connectivity index (χ3v) is 2.57. The first-order chi connectivity index (χ1) is 6.09. The zero-order chi connectivity index (χ0) is 9.84. The molecule has 0 amide bonds. The van der Waals surface area contributed by atoms with Crippen LogP contribution in [0.15, 0.2) is 0 Å². The van der Waals surface area contributed by atoms with Crippen molar-refractivity contribution in [1.29, 1.82) is 0 Å². The topological polar surface area (TPSA) is 80.4 Å². The molecular formula is C9H15NO3. The summed E-state index contributed by atoms with van der Waals surface area (Å²) in [7, 11) is 0. The zero-order valence-corrected chi connectivity index (χ0v) is 7.53. The largest absolute Gasteiger partial charge is 0.480 e. The van der Waals surface area contributed by atoms with Crippen LogP contribution in [-0.4, -0.2) is 22.9 Å². The van der Waals surface area contributed by atoms with E-state index in [1.807, 2.05) is 0 Å². The van der Waals surface area contributed by atoms with Crippen molar-refractivity contribution in [2.75, 3.05) is 0 Å². The lowest BCUT2D eigenvalue weighted by atomic mass is 9.84. The maximum atomic E-state index is 10.9. The molecule has 0 radical (unpaired) electrons. The Hall–Kier alpha value is -0.900. The third-order valence-electron chi connectivity index (χ3n) is 2.57. The van der Waals surface area contributed by atoms with E-state index in [9.17, 15) is 9.59 Å². The van der Waals surface area contributed by atoms with Crippen LogP contribution in [0.4, 0.5) is 0 Å². The summed E-state index contributed by atoms with van der Waals surface area (Å²) in [4.78, 5) is 21.3. The van der Waals surface area contributed by atoms with Crippen LogP contribution in [0.3, 0.4) is 0 Å². The lowest BCUT2D eigenvalue weighted by Crippen LogP contribution is -2.33. The Morgan fingerprint density at radius 1 is 1.54 bits per heavy atom. The maximum absolute atomic E-state index is 10.9. The van der Waals surface area contributed by atoms with Gasteiger partial charge in [-0.25, -0.2) is 0 Å². The number of carbonyl (C=O) groups is 2. The fourth-order valence-corrected chi connectivity index (χ4v) is 1.70. The smallest absolute Gasteiger partial charge is 0.320 e. The van der Waals surface area contributed by atoms with Crippen molar-refractivity contribution in [2.45, 2.75) is 38.1 Å². The number of rotatable bonds is 3. The van der Waals surface area contributed by atoms with Gasteiger partial charge >= 0.3 is 5.97 Å². The highest BCUT2D eigenvalue weighted by Gasteiger charge is 2.23. The molecule has 1 fully saturated rings. The summed E-state index contributed by atoms with van der Waals surface area (Å²) in [6, 6.07) is -0.766. The second-order valence-electron chi connectivity index (χ2n) is 3.66. The monoisotopic (exact) mass is 185 g/mol. The average molecular weight is 185 g/mol. The molecule has 4 nitrogen and oxygen atoms in total. The van der Waals surface area contributed by atoms with Gasteiger partial charge in [-0.05, 0) is 25.2 Å². The van der Waals surface area contributed by atoms with Gasteiger partial charge in [-0.15, -0.1) is 0 Å². The number of nitrogens with two attached hydrogens (primary N) is 1. The SMILES string of the molecule is N[C@@H](CC1CCC(=O)CC1)C(=O)O. The number of carbonyl (C=O) groups excluding carboxylic acids is 1. The van der Waals surface area contributed by atoms with Crippen LogP contribution in [0.2, 0.25) is 0 Å². The number of carboxylic acid groups (broad SMARTS) is 1. The lowest BCUT2D eigenvalue weighted by Gasteiger charge is -2.22. The van der Waals surface area contributed by atoms with Crippen LogP contribution in [0.25, 0.3) is 0 Å². The first-order valence-corrected chi connectivity index (χ1v) is 4.59. The van der Waals surface area contributed by atoms with E-state index in [-0.39, 0.29) is 0 Å². The first kappa shape index (κ1) is 10.2. The molecule has 0 saturated heterocycles. The molecule has 1 atom stereocenters. The van der Waals surface area contributed by atoms with E-state index >= 15 is 0 Å². The molecule has 0 aliphatic heterocycles. The van der Waals surface area contributed by atoms with Gasteiger partial charge in [0.15, 0.2) is 0 Å². The van der Waals surface area contributed by atoms with E-state index in [1.54, 1.807) is 0 Å². The Bertz CT molecular complexity index is 205. The van der Waals surface area contributed by atoms with E-state index in [0.29, 0.717) is 31.0 Å². The lowest BCUT2D eigenvalue weighted by molar-refractivity contribution is -0.139. The van der Waals surface area contributed by atoms with Crippen LogP contribution in [-0.2, 0) is 9.59 Å². The standard InChI is InChI=1S/C9H15NO3/c10-8(9(12)13)5-6-1-3-7(11)4-2-6/h6,8H,1-5,10H2,(H,12,13)/t8-/m0/s1. The van der Waals surface area contributed by atoms with E-state index in [0.717, 1.165) is 12.8 Å². The normalized spacial score (nSPS) is 21.5. The van der Waals surface area contributed by atoms with Crippen LogP contribution in [0, 0.1) is 5.92 Å². The summed E-state index contributed by atoms with van der Waals surface area (Å²) in [5, 5.41) is 8.57. The quantitative estimate of drug-likeness (QED) is 0.672. The Kier molecular flexibility index (Phi) is 3.42. The molecule has 0 heterocycles. The van der Waals surface area contributed by atoms with Crippen molar-refractivity contribution >= 4 is 11.8 Å². The van der Waals surface area contributed by atoms with Gasteiger partial charge in [0.05, 0.1) is 0 Å². The third kappa shape index (κ3) is 3.14. The summed E-state index contributed by atoms with van der Waals surface area (Å²) in [5.41, 5.74) is 5.40. The molecule has 1 rings (SSSR count). The van der Waals surface area contributed by atoms with Crippen molar-refractivity contribution in [3.05, 3.63) is 0 Å². The Labute approximate surface area is 77.1 Å². The van der Waals surface area contributed by atoms with Gasteiger partial charge in [0.25, 0.3) is 0 Å². The van der Waals surface area contributed by atoms with Gasteiger partial charge in [0.2, 0.25) is 0 Å². The Morgan fingerprint density at radius 2 is 2.08 bits per heavy atom. The minimum Gasteiger partial charge on any atom is -0.480 e. The molecule has 0 spiro atoms. The number of hydrogen-bond acceptors (Lipinski definition) is 3. The average Bonchev–Trinajstić information content (AvgIpc) is 2.08. The van der Waals surface area contributed by atoms with Crippen molar-refractivity contribution < 1.29 is 14.7 Å². The molecule has 0 bridgehead atoms. The second kappa shape index (κ2) is 4.37. The first-order valence-electron chi connectivity index (χ1n) is 4.59. The van der Waals surface area contributed by atoms with Gasteiger partial charge in [0.1, 0.15) is 11.8 Å². The summed E-state index contributed by atoms with van der Waals surface area (Å²) < 4.78 is 0. The number of ketones is 1. The molecule has 3 N–H and O–H groups in total. The van der Waals surface area contributed by atoms with Crippen LogP contribution < -0.4 is 5.73 Å². The summed E-state index contributed by atoms with van der Waals surface area (Å²) >= 11 is 0. The predicted octanol–water partition coefficient (Wildman–Crippen LogP) is 0.548. The molecule has 4 heteroatoms. The number of hydrogen-bond donors (Lipinski definition) is 2. The number of aliphatic carboxylic acids is 1. The summed E-state index contributed by atoms with van der Waals surface area (Å²) in [5.74, 6) is -0.333. The Balaban J connectivity index is 2.30. The maximum Gasteiger partial charge on any atom is 0.320 e. The van der Waals surface area contributed by atoms with Gasteiger partial charge in [0, 0.05) is 12.8 Å². The van der Waals surface area contributed by atoms with Crippen LogP contribution in [0.1, 0.15) is 32.1 Å². The van der Waals surface area contributed by atoms with E-state index in [4.69, 9.17) is 10.8 Å². The van der Waals surface area contributed by atoms with Crippen molar-refractivity contribution in [1.82, 2.24) is 0 Å². The molecule has 0 unspecified atom stereocenters. The minimum atomic E-state index is -0.947. The molecule has 0 aromatic carbocycles. The summed E-state index contributed by atoms with van der Waals surface area (Å²) in [6.45, 7) is 0. The number of carboxylic acids is 1. The molecule has 1 aliphatic rings. The molecule has 74 valence electrons. The van der Waals surface area contributed by atoms with E-state index < -0.39 is 12.0 Å². The van der Waals surface area contributed by atoms with Gasteiger partial charge < -0.3 is 10.8 Å². The predicted molar refractivity (Wildman–Crippen MR) is 47.2 cm³/mol. The molecule has 13 heavy (non-hydrogen) atoms. The van der Waals surface area contributed by atoms with Crippen molar-refractivity contribution in [3.63, 3.8) is 0 Å². The molecule has 1 saturated carbocycles. The fourth-order valence-electron chi connectivity index (χ4n) is 1.70. The molecule has 0 aromatic heterocycles. The van der Waals surface area contributed by atoms with Crippen LogP contribution >= 0.6 is 0 Å². The van der Waals surface area contributed by atoms with E-state index in [2.05, 4.69) is 0 Å². The molecular weight excluding hydrogens is 170 g/mol. The highest BCUT2D eigenvalue weighted by atomic mass is 16.4. The van der Waals surface area contributed by atoms with Gasteiger partial charge in [-0.3, -0.25) is 9.59 Å².